The predicted molar refractivity (Wildman–Crippen MR) is 150 cm³/mol. The highest BCUT2D eigenvalue weighted by Gasteiger charge is 2.21. The molecule has 0 fully saturated rings. The highest BCUT2D eigenvalue weighted by molar-refractivity contribution is 5.97. The maximum atomic E-state index is 13.0. The molecule has 2 aromatic carbocycles. The molecule has 1 amide bonds. The molecule has 0 bridgehead atoms. The summed E-state index contributed by atoms with van der Waals surface area (Å²) in [6.45, 7) is 1.13. The predicted octanol–water partition coefficient (Wildman–Crippen LogP) is 4.74. The zero-order valence-electron chi connectivity index (χ0n) is 22.0. The van der Waals surface area contributed by atoms with Crippen molar-refractivity contribution in [2.45, 2.75) is 6.92 Å². The van der Waals surface area contributed by atoms with E-state index in [0.29, 0.717) is 45.3 Å². The number of ether oxygens (including phenoxy) is 1. The number of hydrogen-bond acceptors (Lipinski definition) is 8. The maximum Gasteiger partial charge on any atom is 0.338 e. The quantitative estimate of drug-likeness (QED) is 0.282. The normalized spacial score (nSPS) is 11.1. The van der Waals surface area contributed by atoms with Gasteiger partial charge in [0.15, 0.2) is 18.1 Å². The summed E-state index contributed by atoms with van der Waals surface area (Å²) in [5.74, 6) is -0.374. The number of carbonyl (C=O) groups excluding carboxylic acids is 2. The molecule has 6 aromatic rings. The Balaban J connectivity index is 1.20. The Hall–Kier alpha value is -5.71. The Bertz CT molecular complexity index is 1940. The van der Waals surface area contributed by atoms with E-state index >= 15 is 0 Å². The first-order chi connectivity index (χ1) is 19.9. The summed E-state index contributed by atoms with van der Waals surface area (Å²) in [7, 11) is 1.72. The van der Waals surface area contributed by atoms with E-state index in [1.54, 1.807) is 67.4 Å². The number of rotatable bonds is 7. The number of benzene rings is 2. The molecule has 41 heavy (non-hydrogen) atoms. The lowest BCUT2D eigenvalue weighted by Crippen LogP contribution is -2.25. The van der Waals surface area contributed by atoms with E-state index in [-0.39, 0.29) is 11.3 Å². The molecule has 0 saturated carbocycles. The van der Waals surface area contributed by atoms with Gasteiger partial charge in [0.05, 0.1) is 40.5 Å². The zero-order valence-corrected chi connectivity index (χ0v) is 22.0. The number of para-hydroxylation sites is 1. The van der Waals surface area contributed by atoms with Crippen molar-refractivity contribution in [1.29, 1.82) is 0 Å². The molecule has 1 N–H and O–H groups in total. The SMILES string of the molecule is Cc1c(NC(=O)COC(=O)c2ccc3nc(-c4ccco4)c(-c4ccco4)nc3c2)c(=O)n(-c2ccccc2)n1C. The third kappa shape index (κ3) is 4.80. The van der Waals surface area contributed by atoms with E-state index in [0.717, 1.165) is 0 Å². The van der Waals surface area contributed by atoms with Crippen LogP contribution < -0.4 is 10.9 Å². The van der Waals surface area contributed by atoms with Gasteiger partial charge in [-0.1, -0.05) is 18.2 Å². The molecule has 11 heteroatoms. The summed E-state index contributed by atoms with van der Waals surface area (Å²) in [6, 6.07) is 20.8. The second-order valence-electron chi connectivity index (χ2n) is 9.14. The molecule has 4 aromatic heterocycles. The molecule has 0 radical (unpaired) electrons. The lowest BCUT2D eigenvalue weighted by molar-refractivity contribution is -0.119. The van der Waals surface area contributed by atoms with Crippen molar-refractivity contribution in [1.82, 2.24) is 19.3 Å². The molecule has 0 atom stereocenters. The summed E-state index contributed by atoms with van der Waals surface area (Å²) < 4.78 is 19.4. The van der Waals surface area contributed by atoms with Gasteiger partial charge in [-0.2, -0.15) is 0 Å². The van der Waals surface area contributed by atoms with Crippen molar-refractivity contribution in [3.63, 3.8) is 0 Å². The second-order valence-corrected chi connectivity index (χ2v) is 9.14. The van der Waals surface area contributed by atoms with Gasteiger partial charge in [-0.05, 0) is 61.5 Å². The molecular formula is C30H23N5O6. The van der Waals surface area contributed by atoms with Gasteiger partial charge in [-0.25, -0.2) is 19.4 Å². The minimum Gasteiger partial charge on any atom is -0.463 e. The number of hydrogen-bond donors (Lipinski definition) is 1. The maximum absolute atomic E-state index is 13.0. The van der Waals surface area contributed by atoms with Crippen LogP contribution in [0.15, 0.2) is 99.0 Å². The molecule has 11 nitrogen and oxygen atoms in total. The van der Waals surface area contributed by atoms with Gasteiger partial charge in [0.2, 0.25) is 0 Å². The van der Waals surface area contributed by atoms with Crippen molar-refractivity contribution in [2.75, 3.05) is 11.9 Å². The summed E-state index contributed by atoms with van der Waals surface area (Å²) in [5.41, 5.74) is 2.98. The molecule has 0 unspecified atom stereocenters. The fourth-order valence-electron chi connectivity index (χ4n) is 4.45. The van der Waals surface area contributed by atoms with Gasteiger partial charge in [-0.15, -0.1) is 0 Å². The van der Waals surface area contributed by atoms with E-state index in [1.807, 2.05) is 18.2 Å². The molecule has 0 saturated heterocycles. The van der Waals surface area contributed by atoms with Crippen LogP contribution in [0.1, 0.15) is 16.1 Å². The van der Waals surface area contributed by atoms with Crippen LogP contribution in [-0.4, -0.2) is 37.8 Å². The van der Waals surface area contributed by atoms with Crippen molar-refractivity contribution in [2.24, 2.45) is 7.05 Å². The average molecular weight is 550 g/mol. The first-order valence-electron chi connectivity index (χ1n) is 12.6. The minimum atomic E-state index is -0.731. The van der Waals surface area contributed by atoms with Crippen molar-refractivity contribution in [3.8, 4) is 28.6 Å². The van der Waals surface area contributed by atoms with Gasteiger partial charge in [-0.3, -0.25) is 14.3 Å². The van der Waals surface area contributed by atoms with Gasteiger partial charge in [0.25, 0.3) is 11.5 Å². The summed E-state index contributed by atoms with van der Waals surface area (Å²) in [4.78, 5) is 47.9. The first kappa shape index (κ1) is 25.6. The van der Waals surface area contributed by atoms with Crippen molar-refractivity contribution in [3.05, 3.63) is 107 Å². The number of aromatic nitrogens is 4. The molecule has 0 aliphatic heterocycles. The van der Waals surface area contributed by atoms with Crippen LogP contribution in [0.5, 0.6) is 0 Å². The highest BCUT2D eigenvalue weighted by Crippen LogP contribution is 2.31. The molecule has 6 rings (SSSR count). The molecule has 4 heterocycles. The van der Waals surface area contributed by atoms with Crippen LogP contribution in [0.25, 0.3) is 39.6 Å². The molecule has 204 valence electrons. The summed E-state index contributed by atoms with van der Waals surface area (Å²) in [6.07, 6.45) is 3.07. The lowest BCUT2D eigenvalue weighted by atomic mass is 10.1. The van der Waals surface area contributed by atoms with Crippen LogP contribution in [0.3, 0.4) is 0 Å². The largest absolute Gasteiger partial charge is 0.463 e. The highest BCUT2D eigenvalue weighted by atomic mass is 16.5. The Labute approximate surface area is 232 Å². The van der Waals surface area contributed by atoms with Crippen molar-refractivity contribution >= 4 is 28.6 Å². The van der Waals surface area contributed by atoms with Crippen LogP contribution in [-0.2, 0) is 16.6 Å². The summed E-state index contributed by atoms with van der Waals surface area (Å²) in [5, 5.41) is 2.58. The van der Waals surface area contributed by atoms with E-state index in [2.05, 4.69) is 15.3 Å². The van der Waals surface area contributed by atoms with E-state index < -0.39 is 24.0 Å². The molecule has 0 aliphatic rings. The van der Waals surface area contributed by atoms with Gasteiger partial charge < -0.3 is 18.9 Å². The number of nitrogens with zero attached hydrogens (tertiary/aromatic N) is 4. The first-order valence-corrected chi connectivity index (χ1v) is 12.6. The number of anilines is 1. The molecular weight excluding hydrogens is 526 g/mol. The van der Waals surface area contributed by atoms with Crippen LogP contribution >= 0.6 is 0 Å². The van der Waals surface area contributed by atoms with Crippen LogP contribution in [0.2, 0.25) is 0 Å². The topological polar surface area (TPSA) is 134 Å². The second kappa shape index (κ2) is 10.5. The fraction of sp³-hybridized carbons (Fsp3) is 0.100. The summed E-state index contributed by atoms with van der Waals surface area (Å²) >= 11 is 0. The smallest absolute Gasteiger partial charge is 0.338 e. The minimum absolute atomic E-state index is 0.108. The van der Waals surface area contributed by atoms with Crippen LogP contribution in [0, 0.1) is 6.92 Å². The third-order valence-electron chi connectivity index (χ3n) is 6.56. The average Bonchev–Trinajstić information content (AvgIpc) is 3.76. The third-order valence-corrected chi connectivity index (χ3v) is 6.56. The Kier molecular flexibility index (Phi) is 6.52. The van der Waals surface area contributed by atoms with Crippen LogP contribution in [0.4, 0.5) is 5.69 Å². The number of fused-ring (bicyclic) bond motifs is 1. The Morgan fingerprint density at radius 3 is 2.17 bits per heavy atom. The number of esters is 1. The number of furan rings is 2. The van der Waals surface area contributed by atoms with E-state index in [9.17, 15) is 14.4 Å². The number of amides is 1. The van der Waals surface area contributed by atoms with Crippen molar-refractivity contribution < 1.29 is 23.2 Å². The van der Waals surface area contributed by atoms with Gasteiger partial charge in [0, 0.05) is 7.05 Å². The van der Waals surface area contributed by atoms with Gasteiger partial charge >= 0.3 is 5.97 Å². The molecule has 0 spiro atoms. The number of carbonyl (C=O) groups is 2. The fourth-order valence-corrected chi connectivity index (χ4v) is 4.45. The monoisotopic (exact) mass is 549 g/mol. The zero-order chi connectivity index (χ0) is 28.5. The van der Waals surface area contributed by atoms with Gasteiger partial charge in [0.1, 0.15) is 17.1 Å². The van der Waals surface area contributed by atoms with E-state index in [4.69, 9.17) is 13.6 Å². The lowest BCUT2D eigenvalue weighted by Gasteiger charge is -2.09. The standard InChI is InChI=1S/C30H23N5O6/c1-18-26(29(37)35(34(18)2)20-8-4-3-5-9-20)33-25(36)17-41-30(38)19-12-13-21-22(16-19)32-28(24-11-7-15-40-24)27(31-21)23-10-6-14-39-23/h3-16H,17H2,1-2H3,(H,33,36). The Morgan fingerprint density at radius 1 is 0.878 bits per heavy atom. The Morgan fingerprint density at radius 2 is 1.54 bits per heavy atom. The molecule has 0 aliphatic carbocycles. The number of nitrogens with one attached hydrogen (secondary N) is 1. The van der Waals surface area contributed by atoms with E-state index in [1.165, 1.54) is 23.1 Å².